The van der Waals surface area contributed by atoms with Crippen molar-refractivity contribution >= 4 is 42.4 Å². The summed E-state index contributed by atoms with van der Waals surface area (Å²) in [6.45, 7) is 4.16. The number of halogens is 1. The van der Waals surface area contributed by atoms with Crippen molar-refractivity contribution in [2.24, 2.45) is 0 Å². The SMILES string of the molecule is Cc1cc(C)[n+]2c(n1)sc1cc(Br)ccc12. The summed E-state index contributed by atoms with van der Waals surface area (Å²) >= 11 is 5.23. The molecule has 0 spiro atoms. The van der Waals surface area contributed by atoms with Gasteiger partial charge in [0.15, 0.2) is 11.2 Å². The number of hydrogen-bond donors (Lipinski definition) is 0. The molecule has 0 aliphatic rings. The molecule has 0 N–H and O–H groups in total. The molecule has 0 fully saturated rings. The van der Waals surface area contributed by atoms with Gasteiger partial charge < -0.3 is 0 Å². The zero-order chi connectivity index (χ0) is 11.3. The van der Waals surface area contributed by atoms with E-state index in [1.54, 1.807) is 11.3 Å². The van der Waals surface area contributed by atoms with E-state index in [4.69, 9.17) is 0 Å². The molecule has 2 nitrogen and oxygen atoms in total. The van der Waals surface area contributed by atoms with Gasteiger partial charge in [0.25, 0.3) is 0 Å². The second kappa shape index (κ2) is 3.50. The highest BCUT2D eigenvalue weighted by Gasteiger charge is 2.16. The average molecular weight is 294 g/mol. The third-order valence-electron chi connectivity index (χ3n) is 2.60. The minimum Gasteiger partial charge on any atom is -0.183 e. The Bertz CT molecular complexity index is 703. The van der Waals surface area contributed by atoms with Gasteiger partial charge in [0.1, 0.15) is 5.69 Å². The lowest BCUT2D eigenvalue weighted by molar-refractivity contribution is -0.488. The summed E-state index contributed by atoms with van der Waals surface area (Å²) in [5.41, 5.74) is 3.53. The highest BCUT2D eigenvalue weighted by Crippen LogP contribution is 2.24. The predicted molar refractivity (Wildman–Crippen MR) is 70.0 cm³/mol. The molecule has 0 saturated heterocycles. The Kier molecular flexibility index (Phi) is 2.23. The van der Waals surface area contributed by atoms with Gasteiger partial charge in [-0.1, -0.05) is 15.9 Å². The fraction of sp³-hybridized carbons (Fsp3) is 0.167. The molecular weight excluding hydrogens is 284 g/mol. The van der Waals surface area contributed by atoms with E-state index in [1.165, 1.54) is 15.9 Å². The smallest absolute Gasteiger partial charge is 0.183 e. The van der Waals surface area contributed by atoms with Crippen molar-refractivity contribution < 1.29 is 4.40 Å². The van der Waals surface area contributed by atoms with Crippen LogP contribution in [0.4, 0.5) is 0 Å². The minimum absolute atomic E-state index is 1.06. The molecule has 16 heavy (non-hydrogen) atoms. The van der Waals surface area contributed by atoms with Gasteiger partial charge in [-0.15, -0.1) is 0 Å². The van der Waals surface area contributed by atoms with Crippen molar-refractivity contribution in [2.75, 3.05) is 0 Å². The Balaban J connectivity index is 2.56. The Morgan fingerprint density at radius 2 is 2.06 bits per heavy atom. The molecule has 3 aromatic rings. The monoisotopic (exact) mass is 293 g/mol. The maximum absolute atomic E-state index is 4.57. The van der Waals surface area contributed by atoms with Crippen LogP contribution in [0.3, 0.4) is 0 Å². The van der Waals surface area contributed by atoms with Crippen LogP contribution < -0.4 is 4.40 Å². The molecule has 0 saturated carbocycles. The van der Waals surface area contributed by atoms with Gasteiger partial charge in [-0.05, 0) is 41.4 Å². The van der Waals surface area contributed by atoms with Crippen LogP contribution in [-0.4, -0.2) is 4.98 Å². The molecule has 1 aromatic carbocycles. The van der Waals surface area contributed by atoms with Gasteiger partial charge in [-0.2, -0.15) is 4.40 Å². The predicted octanol–water partition coefficient (Wildman–Crippen LogP) is 3.41. The zero-order valence-corrected chi connectivity index (χ0v) is 11.4. The number of thiazole rings is 1. The van der Waals surface area contributed by atoms with Crippen molar-refractivity contribution in [2.45, 2.75) is 13.8 Å². The van der Waals surface area contributed by atoms with Crippen LogP contribution in [0.5, 0.6) is 0 Å². The quantitative estimate of drug-likeness (QED) is 0.581. The summed E-state index contributed by atoms with van der Waals surface area (Å²) in [5.74, 6) is 0. The summed E-state index contributed by atoms with van der Waals surface area (Å²) in [7, 11) is 0. The van der Waals surface area contributed by atoms with Crippen molar-refractivity contribution in [3.8, 4) is 0 Å². The first-order chi connectivity index (χ1) is 7.65. The number of nitrogens with zero attached hydrogens (tertiary/aromatic N) is 2. The van der Waals surface area contributed by atoms with Crippen LogP contribution in [0, 0.1) is 13.8 Å². The summed E-state index contributed by atoms with van der Waals surface area (Å²) in [4.78, 5) is 5.63. The molecule has 0 bridgehead atoms. The van der Waals surface area contributed by atoms with E-state index in [-0.39, 0.29) is 0 Å². The number of aryl methyl sites for hydroxylation is 2. The molecule has 0 aliphatic carbocycles. The topological polar surface area (TPSA) is 17.0 Å². The number of hydrogen-bond acceptors (Lipinski definition) is 2. The van der Waals surface area contributed by atoms with Crippen LogP contribution in [0.2, 0.25) is 0 Å². The number of fused-ring (bicyclic) bond motifs is 3. The van der Waals surface area contributed by atoms with E-state index in [0.29, 0.717) is 0 Å². The minimum atomic E-state index is 1.06. The highest BCUT2D eigenvalue weighted by atomic mass is 79.9. The molecule has 2 aromatic heterocycles. The molecule has 4 heteroatoms. The fourth-order valence-electron chi connectivity index (χ4n) is 1.97. The van der Waals surface area contributed by atoms with Crippen molar-refractivity contribution in [1.82, 2.24) is 4.98 Å². The third kappa shape index (κ3) is 1.44. The van der Waals surface area contributed by atoms with Crippen molar-refractivity contribution in [1.29, 1.82) is 0 Å². The normalized spacial score (nSPS) is 11.4. The van der Waals surface area contributed by atoms with Crippen molar-refractivity contribution in [3.05, 3.63) is 40.1 Å². The standard InChI is InChI=1S/C12H10BrN2S/c1-7-5-8(2)15-10-4-3-9(13)6-11(10)16-12(15)14-7/h3-6H,1-2H3/q+1. The molecule has 0 aliphatic heterocycles. The number of benzene rings is 1. The van der Waals surface area contributed by atoms with E-state index < -0.39 is 0 Å². The molecular formula is C12H10BrN2S+. The summed E-state index contributed by atoms with van der Waals surface area (Å²) in [5, 5.41) is 0. The first kappa shape index (κ1) is 10.2. The van der Waals surface area contributed by atoms with Crippen LogP contribution in [0.1, 0.15) is 11.4 Å². The van der Waals surface area contributed by atoms with E-state index in [9.17, 15) is 0 Å². The van der Waals surface area contributed by atoms with Crippen LogP contribution in [0.25, 0.3) is 15.2 Å². The van der Waals surface area contributed by atoms with Crippen LogP contribution in [-0.2, 0) is 0 Å². The first-order valence-corrected chi connectivity index (χ1v) is 6.64. The lowest BCUT2D eigenvalue weighted by Gasteiger charge is -1.93. The largest absolute Gasteiger partial charge is 0.388 e. The third-order valence-corrected chi connectivity index (χ3v) is 4.09. The Labute approximate surface area is 106 Å². The number of aromatic nitrogens is 2. The first-order valence-electron chi connectivity index (χ1n) is 5.03. The van der Waals surface area contributed by atoms with Gasteiger partial charge in [-0.3, -0.25) is 0 Å². The second-order valence-corrected chi connectivity index (χ2v) is 5.80. The van der Waals surface area contributed by atoms with Gasteiger partial charge >= 0.3 is 4.96 Å². The van der Waals surface area contributed by atoms with E-state index in [0.717, 1.165) is 15.1 Å². The van der Waals surface area contributed by atoms with Gasteiger partial charge in [0, 0.05) is 17.5 Å². The van der Waals surface area contributed by atoms with E-state index in [1.807, 2.05) is 6.92 Å². The Morgan fingerprint density at radius 3 is 2.88 bits per heavy atom. The summed E-state index contributed by atoms with van der Waals surface area (Å²) < 4.78 is 4.58. The molecule has 3 rings (SSSR count). The van der Waals surface area contributed by atoms with Gasteiger partial charge in [0.05, 0.1) is 4.70 Å². The van der Waals surface area contributed by atoms with Gasteiger partial charge in [-0.25, -0.2) is 0 Å². The van der Waals surface area contributed by atoms with E-state index >= 15 is 0 Å². The Morgan fingerprint density at radius 1 is 1.25 bits per heavy atom. The molecule has 0 amide bonds. The highest BCUT2D eigenvalue weighted by molar-refractivity contribution is 9.10. The summed E-state index contributed by atoms with van der Waals surface area (Å²) in [6.07, 6.45) is 0. The van der Waals surface area contributed by atoms with Crippen LogP contribution in [0.15, 0.2) is 28.7 Å². The van der Waals surface area contributed by atoms with Crippen molar-refractivity contribution in [3.63, 3.8) is 0 Å². The molecule has 0 radical (unpaired) electrons. The maximum Gasteiger partial charge on any atom is 0.388 e. The Hall–Kier alpha value is -1.00. The fourth-order valence-corrected chi connectivity index (χ4v) is 3.65. The maximum atomic E-state index is 4.57. The van der Waals surface area contributed by atoms with E-state index in [2.05, 4.69) is 56.5 Å². The molecule has 2 heterocycles. The number of rotatable bonds is 0. The summed E-state index contributed by atoms with van der Waals surface area (Å²) in [6, 6.07) is 8.46. The van der Waals surface area contributed by atoms with Crippen LogP contribution >= 0.6 is 27.3 Å². The molecule has 0 atom stereocenters. The average Bonchev–Trinajstić information content (AvgIpc) is 2.54. The lowest BCUT2D eigenvalue weighted by atomic mass is 10.3. The van der Waals surface area contributed by atoms with Gasteiger partial charge in [0.2, 0.25) is 0 Å². The molecule has 0 unspecified atom stereocenters. The zero-order valence-electron chi connectivity index (χ0n) is 8.99. The lowest BCUT2D eigenvalue weighted by Crippen LogP contribution is -2.24. The molecule has 80 valence electrons. The second-order valence-electron chi connectivity index (χ2n) is 3.87.